The van der Waals surface area contributed by atoms with Crippen LogP contribution in [0.4, 0.5) is 5.69 Å². The lowest BCUT2D eigenvalue weighted by molar-refractivity contribution is -0.125. The summed E-state index contributed by atoms with van der Waals surface area (Å²) in [5, 5.41) is 2.83. The Morgan fingerprint density at radius 3 is 2.53 bits per heavy atom. The Bertz CT molecular complexity index is 1110. The molecule has 0 bridgehead atoms. The molecule has 4 rings (SSSR count). The van der Waals surface area contributed by atoms with Crippen LogP contribution in [0.1, 0.15) is 24.0 Å². The summed E-state index contributed by atoms with van der Waals surface area (Å²) in [6.45, 7) is 3.04. The van der Waals surface area contributed by atoms with Crippen LogP contribution in [0.2, 0.25) is 0 Å². The largest absolute Gasteiger partial charge is 0.482 e. The van der Waals surface area contributed by atoms with E-state index in [0.717, 1.165) is 18.4 Å². The third kappa shape index (κ3) is 4.78. The van der Waals surface area contributed by atoms with Gasteiger partial charge in [-0.25, -0.2) is 8.42 Å². The number of amides is 2. The smallest absolute Gasteiger partial charge is 0.265 e. The van der Waals surface area contributed by atoms with Gasteiger partial charge in [-0.3, -0.25) is 14.5 Å². The van der Waals surface area contributed by atoms with E-state index in [0.29, 0.717) is 37.5 Å². The first-order chi connectivity index (χ1) is 15.3. The summed E-state index contributed by atoms with van der Waals surface area (Å²) >= 11 is 0. The van der Waals surface area contributed by atoms with Crippen LogP contribution < -0.4 is 15.0 Å². The van der Waals surface area contributed by atoms with E-state index in [1.807, 2.05) is 31.2 Å². The van der Waals surface area contributed by atoms with Gasteiger partial charge in [0.05, 0.1) is 10.6 Å². The minimum Gasteiger partial charge on any atom is -0.482 e. The monoisotopic (exact) mass is 457 g/mol. The molecule has 170 valence electrons. The van der Waals surface area contributed by atoms with Gasteiger partial charge in [0.2, 0.25) is 15.9 Å². The number of aryl methyl sites for hydroxylation is 1. The summed E-state index contributed by atoms with van der Waals surface area (Å²) in [5.41, 5.74) is 2.59. The van der Waals surface area contributed by atoms with Gasteiger partial charge in [0.25, 0.3) is 5.91 Å². The second-order valence-electron chi connectivity index (χ2n) is 8.09. The number of rotatable bonds is 7. The van der Waals surface area contributed by atoms with E-state index < -0.39 is 10.0 Å². The van der Waals surface area contributed by atoms with E-state index in [9.17, 15) is 18.0 Å². The van der Waals surface area contributed by atoms with Crippen molar-refractivity contribution in [1.29, 1.82) is 0 Å². The Morgan fingerprint density at radius 1 is 1.09 bits per heavy atom. The standard InChI is InChI=1S/C23H27N3O5S/c1-17-4-6-18(7-5-17)10-11-24-22(27)15-26-20-14-19(8-9-21(20)31-16-23(26)28)32(29,30)25-12-2-3-13-25/h4-9,14H,2-3,10-13,15-16H2,1H3,(H,24,27). The maximum absolute atomic E-state index is 12.9. The van der Waals surface area contributed by atoms with Crippen molar-refractivity contribution in [3.63, 3.8) is 0 Å². The quantitative estimate of drug-likeness (QED) is 0.685. The topological polar surface area (TPSA) is 96.0 Å². The Kier molecular flexibility index (Phi) is 6.48. The van der Waals surface area contributed by atoms with Crippen molar-refractivity contribution in [3.05, 3.63) is 53.6 Å². The number of benzene rings is 2. The van der Waals surface area contributed by atoms with Crippen molar-refractivity contribution in [2.45, 2.75) is 31.1 Å². The number of hydrogen-bond acceptors (Lipinski definition) is 5. The summed E-state index contributed by atoms with van der Waals surface area (Å²) in [6, 6.07) is 12.6. The van der Waals surface area contributed by atoms with Gasteiger partial charge in [-0.05, 0) is 49.9 Å². The van der Waals surface area contributed by atoms with Crippen LogP contribution in [0, 0.1) is 6.92 Å². The second kappa shape index (κ2) is 9.30. The number of fused-ring (bicyclic) bond motifs is 1. The highest BCUT2D eigenvalue weighted by atomic mass is 32.2. The zero-order valence-electron chi connectivity index (χ0n) is 18.0. The number of nitrogens with zero attached hydrogens (tertiary/aromatic N) is 2. The van der Waals surface area contributed by atoms with E-state index >= 15 is 0 Å². The lowest BCUT2D eigenvalue weighted by Crippen LogP contribution is -2.45. The molecule has 2 aromatic rings. The molecule has 0 saturated carbocycles. The fourth-order valence-corrected chi connectivity index (χ4v) is 5.43. The Balaban J connectivity index is 1.45. The predicted molar refractivity (Wildman–Crippen MR) is 120 cm³/mol. The first-order valence-corrected chi connectivity index (χ1v) is 12.2. The molecule has 1 N–H and O–H groups in total. The summed E-state index contributed by atoms with van der Waals surface area (Å²) in [5.74, 6) is -0.314. The lowest BCUT2D eigenvalue weighted by Gasteiger charge is -2.29. The van der Waals surface area contributed by atoms with E-state index in [2.05, 4.69) is 5.32 Å². The third-order valence-corrected chi connectivity index (χ3v) is 7.63. The molecule has 0 atom stereocenters. The minimum atomic E-state index is -3.65. The van der Waals surface area contributed by atoms with Gasteiger partial charge in [-0.2, -0.15) is 4.31 Å². The number of sulfonamides is 1. The van der Waals surface area contributed by atoms with Crippen LogP contribution in [0.25, 0.3) is 0 Å². The Labute approximate surface area is 188 Å². The van der Waals surface area contributed by atoms with Crippen molar-refractivity contribution in [3.8, 4) is 5.75 Å². The van der Waals surface area contributed by atoms with E-state index in [1.165, 1.54) is 26.9 Å². The highest BCUT2D eigenvalue weighted by Crippen LogP contribution is 2.35. The van der Waals surface area contributed by atoms with Crippen LogP contribution in [0.5, 0.6) is 5.75 Å². The van der Waals surface area contributed by atoms with Crippen LogP contribution in [0.3, 0.4) is 0 Å². The molecule has 8 nitrogen and oxygen atoms in total. The summed E-state index contributed by atoms with van der Waals surface area (Å²) < 4.78 is 32.8. The molecule has 9 heteroatoms. The van der Waals surface area contributed by atoms with Gasteiger partial charge < -0.3 is 10.1 Å². The number of nitrogens with one attached hydrogen (secondary N) is 1. The molecule has 2 heterocycles. The zero-order valence-corrected chi connectivity index (χ0v) is 18.9. The normalized spacial score (nSPS) is 16.5. The molecule has 2 aliphatic heterocycles. The fraction of sp³-hybridized carbons (Fsp3) is 0.391. The van der Waals surface area contributed by atoms with Crippen molar-refractivity contribution < 1.29 is 22.7 Å². The number of hydrogen-bond donors (Lipinski definition) is 1. The molecule has 0 radical (unpaired) electrons. The Hall–Kier alpha value is -2.91. The van der Waals surface area contributed by atoms with E-state index in [4.69, 9.17) is 4.74 Å². The first-order valence-electron chi connectivity index (χ1n) is 10.7. The minimum absolute atomic E-state index is 0.0984. The molecule has 32 heavy (non-hydrogen) atoms. The van der Waals surface area contributed by atoms with Gasteiger partial charge in [0, 0.05) is 19.6 Å². The number of ether oxygens (including phenoxy) is 1. The van der Waals surface area contributed by atoms with Gasteiger partial charge >= 0.3 is 0 Å². The molecule has 2 aliphatic rings. The molecular formula is C23H27N3O5S. The molecule has 0 aromatic heterocycles. The molecule has 0 spiro atoms. The molecule has 0 unspecified atom stereocenters. The molecule has 0 aliphatic carbocycles. The summed E-state index contributed by atoms with van der Waals surface area (Å²) in [7, 11) is -3.65. The lowest BCUT2D eigenvalue weighted by atomic mass is 10.1. The number of carbonyl (C=O) groups excluding carboxylic acids is 2. The highest BCUT2D eigenvalue weighted by Gasteiger charge is 2.32. The van der Waals surface area contributed by atoms with E-state index in [1.54, 1.807) is 6.07 Å². The fourth-order valence-electron chi connectivity index (χ4n) is 3.89. The van der Waals surface area contributed by atoms with Crippen LogP contribution in [0.15, 0.2) is 47.4 Å². The highest BCUT2D eigenvalue weighted by molar-refractivity contribution is 7.89. The first kappa shape index (κ1) is 22.3. The Morgan fingerprint density at radius 2 is 1.81 bits per heavy atom. The summed E-state index contributed by atoms with van der Waals surface area (Å²) in [6.07, 6.45) is 2.35. The van der Waals surface area contributed by atoms with Crippen molar-refractivity contribution in [2.24, 2.45) is 0 Å². The molecule has 1 saturated heterocycles. The van der Waals surface area contributed by atoms with Gasteiger partial charge in [-0.15, -0.1) is 0 Å². The predicted octanol–water partition coefficient (Wildman–Crippen LogP) is 1.86. The van der Waals surface area contributed by atoms with Crippen molar-refractivity contribution in [2.75, 3.05) is 37.7 Å². The second-order valence-corrected chi connectivity index (χ2v) is 10.0. The number of anilines is 1. The maximum Gasteiger partial charge on any atom is 0.265 e. The van der Waals surface area contributed by atoms with Crippen molar-refractivity contribution in [1.82, 2.24) is 9.62 Å². The van der Waals surface area contributed by atoms with Gasteiger partial charge in [0.1, 0.15) is 12.3 Å². The maximum atomic E-state index is 12.9. The van der Waals surface area contributed by atoms with Crippen LogP contribution in [-0.2, 0) is 26.0 Å². The van der Waals surface area contributed by atoms with Crippen LogP contribution in [-0.4, -0.2) is 57.3 Å². The van der Waals surface area contributed by atoms with E-state index in [-0.39, 0.29) is 29.9 Å². The third-order valence-electron chi connectivity index (χ3n) is 5.73. The van der Waals surface area contributed by atoms with Crippen LogP contribution >= 0.6 is 0 Å². The number of carbonyl (C=O) groups is 2. The average molecular weight is 458 g/mol. The molecular weight excluding hydrogens is 430 g/mol. The molecule has 1 fully saturated rings. The average Bonchev–Trinajstić information content (AvgIpc) is 3.33. The van der Waals surface area contributed by atoms with Gasteiger partial charge in [0.15, 0.2) is 6.61 Å². The SMILES string of the molecule is Cc1ccc(CCNC(=O)CN2C(=O)COc3ccc(S(=O)(=O)N4CCCC4)cc32)cc1. The van der Waals surface area contributed by atoms with Gasteiger partial charge in [-0.1, -0.05) is 29.8 Å². The molecule has 2 aromatic carbocycles. The zero-order chi connectivity index (χ0) is 22.7. The van der Waals surface area contributed by atoms with Crippen molar-refractivity contribution >= 4 is 27.5 Å². The summed E-state index contributed by atoms with van der Waals surface area (Å²) in [4.78, 5) is 26.4. The molecule has 2 amide bonds.